The zero-order valence-corrected chi connectivity index (χ0v) is 18.0. The van der Waals surface area contributed by atoms with Crippen molar-refractivity contribution < 1.29 is 19.2 Å². The zero-order chi connectivity index (χ0) is 22.8. The standard InChI is InChI=1S/C19H32N8O4/c1-3-12(2)18(24-17(30)9-21-16(29)7-20)19(31)23-14-11-27(6-4-5-15(14)28)10-13-8-22-26-25-13/h8,12,14,18H,3-7,9-11,20H2,1-2H3,(H,21,29)(H,23,31)(H,24,30)(H,22,25,26)/t12-,14-,18-/m0/s1. The summed E-state index contributed by atoms with van der Waals surface area (Å²) in [6.45, 7) is 4.82. The number of carbonyl (C=O) groups is 4. The van der Waals surface area contributed by atoms with E-state index in [1.807, 2.05) is 18.7 Å². The van der Waals surface area contributed by atoms with E-state index in [9.17, 15) is 19.2 Å². The Morgan fingerprint density at radius 3 is 2.77 bits per heavy atom. The molecule has 1 aromatic heterocycles. The molecule has 3 amide bonds. The van der Waals surface area contributed by atoms with Crippen LogP contribution in [-0.4, -0.2) is 82.1 Å². The van der Waals surface area contributed by atoms with Crippen LogP contribution in [0.15, 0.2) is 6.20 Å². The molecule has 172 valence electrons. The Kier molecular flexibility index (Phi) is 9.53. The van der Waals surface area contributed by atoms with Crippen LogP contribution in [0.5, 0.6) is 0 Å². The third kappa shape index (κ3) is 7.72. The number of aromatic nitrogens is 3. The fourth-order valence-corrected chi connectivity index (χ4v) is 3.34. The third-order valence-corrected chi connectivity index (χ3v) is 5.34. The Morgan fingerprint density at radius 2 is 2.13 bits per heavy atom. The van der Waals surface area contributed by atoms with E-state index in [0.717, 1.165) is 5.69 Å². The summed E-state index contributed by atoms with van der Waals surface area (Å²) in [7, 11) is 0. The molecule has 0 aliphatic carbocycles. The van der Waals surface area contributed by atoms with Crippen LogP contribution in [0.1, 0.15) is 38.8 Å². The summed E-state index contributed by atoms with van der Waals surface area (Å²) in [5, 5.41) is 18.3. The number of hydrogen-bond donors (Lipinski definition) is 5. The van der Waals surface area contributed by atoms with Crippen LogP contribution in [0, 0.1) is 5.92 Å². The van der Waals surface area contributed by atoms with Crippen LogP contribution in [0.25, 0.3) is 0 Å². The van der Waals surface area contributed by atoms with Crippen LogP contribution >= 0.6 is 0 Å². The SMILES string of the molecule is CC[C@H](C)[C@H](NC(=O)CNC(=O)CN)C(=O)N[C@H]1CN(Cc2cn[nH]n2)CCCC1=O. The monoisotopic (exact) mass is 436 g/mol. The average Bonchev–Trinajstić information content (AvgIpc) is 3.20. The molecule has 6 N–H and O–H groups in total. The second kappa shape index (κ2) is 12.1. The summed E-state index contributed by atoms with van der Waals surface area (Å²) in [5.74, 6) is -1.59. The van der Waals surface area contributed by atoms with Crippen molar-refractivity contribution in [1.29, 1.82) is 0 Å². The van der Waals surface area contributed by atoms with Crippen LogP contribution in [0.4, 0.5) is 0 Å². The van der Waals surface area contributed by atoms with Crippen LogP contribution < -0.4 is 21.7 Å². The van der Waals surface area contributed by atoms with Crippen LogP contribution in [0.2, 0.25) is 0 Å². The van der Waals surface area contributed by atoms with Crippen molar-refractivity contribution in [3.63, 3.8) is 0 Å². The van der Waals surface area contributed by atoms with Gasteiger partial charge in [0.15, 0.2) is 5.78 Å². The minimum absolute atomic E-state index is 0.0413. The number of Topliss-reactive ketones (excluding diaryl/α,β-unsaturated/α-hetero) is 1. The number of nitrogens with zero attached hydrogens (tertiary/aromatic N) is 3. The van der Waals surface area contributed by atoms with Gasteiger partial charge in [0, 0.05) is 19.5 Å². The molecule has 1 aliphatic heterocycles. The van der Waals surface area contributed by atoms with E-state index in [2.05, 4.69) is 31.4 Å². The fourth-order valence-electron chi connectivity index (χ4n) is 3.34. The van der Waals surface area contributed by atoms with E-state index >= 15 is 0 Å². The predicted octanol–water partition coefficient (Wildman–Crippen LogP) is -1.94. The Balaban J connectivity index is 2.01. The number of likely N-dealkylation sites (tertiary alicyclic amines) is 1. The Morgan fingerprint density at radius 1 is 1.35 bits per heavy atom. The zero-order valence-electron chi connectivity index (χ0n) is 18.0. The Labute approximate surface area is 181 Å². The largest absolute Gasteiger partial charge is 0.346 e. The van der Waals surface area contributed by atoms with E-state index in [1.165, 1.54) is 0 Å². The Bertz CT molecular complexity index is 754. The van der Waals surface area contributed by atoms with E-state index < -0.39 is 29.8 Å². The van der Waals surface area contributed by atoms with Gasteiger partial charge in [0.25, 0.3) is 0 Å². The molecule has 0 spiro atoms. The molecule has 0 aromatic carbocycles. The van der Waals surface area contributed by atoms with Gasteiger partial charge in [0.05, 0.1) is 25.0 Å². The van der Waals surface area contributed by atoms with Gasteiger partial charge in [-0.15, -0.1) is 0 Å². The summed E-state index contributed by atoms with van der Waals surface area (Å²) in [6.07, 6.45) is 3.32. The lowest BCUT2D eigenvalue weighted by molar-refractivity contribution is -0.133. The molecule has 3 atom stereocenters. The first-order valence-corrected chi connectivity index (χ1v) is 10.5. The molecule has 1 saturated heterocycles. The second-order valence-corrected chi connectivity index (χ2v) is 7.74. The van der Waals surface area contributed by atoms with Crippen molar-refractivity contribution >= 4 is 23.5 Å². The molecule has 0 saturated carbocycles. The topological polar surface area (TPSA) is 175 Å². The predicted molar refractivity (Wildman–Crippen MR) is 111 cm³/mol. The number of hydrogen-bond acceptors (Lipinski definition) is 8. The first-order chi connectivity index (χ1) is 14.8. The van der Waals surface area contributed by atoms with Crippen molar-refractivity contribution in [1.82, 2.24) is 36.3 Å². The van der Waals surface area contributed by atoms with E-state index in [0.29, 0.717) is 38.9 Å². The van der Waals surface area contributed by atoms with E-state index in [1.54, 1.807) is 6.20 Å². The number of rotatable bonds is 10. The van der Waals surface area contributed by atoms with Gasteiger partial charge in [-0.25, -0.2) is 0 Å². The minimum Gasteiger partial charge on any atom is -0.346 e. The summed E-state index contributed by atoms with van der Waals surface area (Å²) >= 11 is 0. The maximum atomic E-state index is 13.0. The van der Waals surface area contributed by atoms with Crippen molar-refractivity contribution in [2.75, 3.05) is 26.2 Å². The summed E-state index contributed by atoms with van der Waals surface area (Å²) in [5.41, 5.74) is 5.96. The van der Waals surface area contributed by atoms with E-state index in [4.69, 9.17) is 5.73 Å². The number of H-pyrrole nitrogens is 1. The number of ketones is 1. The maximum Gasteiger partial charge on any atom is 0.243 e. The van der Waals surface area contributed by atoms with E-state index in [-0.39, 0.29) is 24.8 Å². The average molecular weight is 437 g/mol. The molecule has 0 radical (unpaired) electrons. The van der Waals surface area contributed by atoms with Crippen molar-refractivity contribution in [3.8, 4) is 0 Å². The minimum atomic E-state index is -0.827. The number of nitrogens with one attached hydrogen (secondary N) is 4. The number of nitrogens with two attached hydrogens (primary N) is 1. The van der Waals surface area contributed by atoms with Crippen LogP contribution in [0.3, 0.4) is 0 Å². The molecular formula is C19H32N8O4. The molecule has 1 aliphatic rings. The number of aromatic amines is 1. The van der Waals surface area contributed by atoms with Gasteiger partial charge in [-0.2, -0.15) is 15.4 Å². The highest BCUT2D eigenvalue weighted by Crippen LogP contribution is 2.13. The lowest BCUT2D eigenvalue weighted by Crippen LogP contribution is -2.57. The third-order valence-electron chi connectivity index (χ3n) is 5.34. The van der Waals surface area contributed by atoms with Gasteiger partial charge in [-0.1, -0.05) is 20.3 Å². The molecule has 1 fully saturated rings. The highest BCUT2D eigenvalue weighted by molar-refractivity contribution is 5.94. The molecular weight excluding hydrogens is 404 g/mol. The molecule has 12 nitrogen and oxygen atoms in total. The molecule has 2 rings (SSSR count). The molecule has 12 heteroatoms. The van der Waals surface area contributed by atoms with Gasteiger partial charge in [0.2, 0.25) is 17.7 Å². The highest BCUT2D eigenvalue weighted by Gasteiger charge is 2.32. The smallest absolute Gasteiger partial charge is 0.243 e. The molecule has 1 aromatic rings. The fraction of sp³-hybridized carbons (Fsp3) is 0.684. The van der Waals surface area contributed by atoms with Crippen molar-refractivity contribution in [2.45, 2.75) is 51.7 Å². The molecule has 0 bridgehead atoms. The maximum absolute atomic E-state index is 13.0. The summed E-state index contributed by atoms with van der Waals surface area (Å²) < 4.78 is 0. The quantitative estimate of drug-likeness (QED) is 0.281. The molecule has 31 heavy (non-hydrogen) atoms. The lowest BCUT2D eigenvalue weighted by Gasteiger charge is -2.28. The van der Waals surface area contributed by atoms with Crippen molar-refractivity contribution in [3.05, 3.63) is 11.9 Å². The lowest BCUT2D eigenvalue weighted by atomic mass is 9.97. The van der Waals surface area contributed by atoms with Gasteiger partial charge in [0.1, 0.15) is 12.1 Å². The van der Waals surface area contributed by atoms with Gasteiger partial charge in [-0.05, 0) is 18.9 Å². The molecule has 0 unspecified atom stereocenters. The van der Waals surface area contributed by atoms with Gasteiger partial charge >= 0.3 is 0 Å². The summed E-state index contributed by atoms with van der Waals surface area (Å²) in [4.78, 5) is 51.1. The Hall–Kier alpha value is -2.86. The highest BCUT2D eigenvalue weighted by atomic mass is 16.2. The van der Waals surface area contributed by atoms with Crippen molar-refractivity contribution in [2.24, 2.45) is 11.7 Å². The normalized spacial score (nSPS) is 19.2. The summed E-state index contributed by atoms with van der Waals surface area (Å²) in [6, 6.07) is -1.50. The van der Waals surface area contributed by atoms with Crippen LogP contribution in [-0.2, 0) is 25.7 Å². The number of amides is 3. The molecule has 2 heterocycles. The number of carbonyl (C=O) groups excluding carboxylic acids is 4. The second-order valence-electron chi connectivity index (χ2n) is 7.74. The van der Waals surface area contributed by atoms with Gasteiger partial charge in [-0.3, -0.25) is 24.1 Å². The van der Waals surface area contributed by atoms with Gasteiger partial charge < -0.3 is 21.7 Å². The first kappa shape index (κ1) is 24.4. The first-order valence-electron chi connectivity index (χ1n) is 10.5.